The molecular weight excluding hydrogens is 296 g/mol. The third kappa shape index (κ3) is 2.07. The highest BCUT2D eigenvalue weighted by Gasteiger charge is 2.35. The van der Waals surface area contributed by atoms with Gasteiger partial charge in [-0.2, -0.15) is 0 Å². The zero-order chi connectivity index (χ0) is 13.7. The second kappa shape index (κ2) is 4.96. The van der Waals surface area contributed by atoms with Crippen LogP contribution in [0.3, 0.4) is 0 Å². The van der Waals surface area contributed by atoms with Crippen molar-refractivity contribution in [1.82, 2.24) is 19.6 Å². The van der Waals surface area contributed by atoms with Crippen molar-refractivity contribution in [2.75, 3.05) is 26.2 Å². The van der Waals surface area contributed by atoms with Crippen LogP contribution in [0, 0.1) is 6.92 Å². The minimum absolute atomic E-state index is 0.314. The lowest BCUT2D eigenvalue weighted by molar-refractivity contribution is 0.0175. The van der Waals surface area contributed by atoms with Crippen molar-refractivity contribution in [3.05, 3.63) is 21.9 Å². The lowest BCUT2D eigenvalue weighted by Gasteiger charge is -2.25. The molecule has 0 amide bonds. The van der Waals surface area contributed by atoms with Crippen LogP contribution in [-0.4, -0.2) is 52.7 Å². The van der Waals surface area contributed by atoms with Crippen molar-refractivity contribution in [2.24, 2.45) is 0 Å². The van der Waals surface area contributed by atoms with Crippen molar-refractivity contribution < 1.29 is 4.74 Å². The van der Waals surface area contributed by atoms with E-state index in [2.05, 4.69) is 31.9 Å². The standard InChI is InChI=1S/C13H17ClN4OS/c1-8-7-20-13-16-12(14)10(18(8)13)5-17-4-9-11(6-17)19-3-2-15-9/h7,9,11,15H,2-6H2,1H3/t9-,11-/m0/s1. The highest BCUT2D eigenvalue weighted by molar-refractivity contribution is 7.15. The van der Waals surface area contributed by atoms with E-state index in [1.165, 1.54) is 5.69 Å². The van der Waals surface area contributed by atoms with E-state index in [0.29, 0.717) is 17.3 Å². The predicted molar refractivity (Wildman–Crippen MR) is 79.6 cm³/mol. The summed E-state index contributed by atoms with van der Waals surface area (Å²) < 4.78 is 7.99. The van der Waals surface area contributed by atoms with Gasteiger partial charge in [0.2, 0.25) is 0 Å². The van der Waals surface area contributed by atoms with Crippen LogP contribution >= 0.6 is 22.9 Å². The number of aryl methyl sites for hydroxylation is 1. The molecule has 0 saturated carbocycles. The first kappa shape index (κ1) is 13.0. The molecule has 0 unspecified atom stereocenters. The number of fused-ring (bicyclic) bond motifs is 2. The first-order valence-corrected chi connectivity index (χ1v) is 8.16. The Morgan fingerprint density at radius 2 is 2.45 bits per heavy atom. The number of thiazole rings is 1. The summed E-state index contributed by atoms with van der Waals surface area (Å²) in [7, 11) is 0. The molecule has 2 atom stereocenters. The van der Waals surface area contributed by atoms with E-state index >= 15 is 0 Å². The van der Waals surface area contributed by atoms with Crippen molar-refractivity contribution >= 4 is 27.9 Å². The summed E-state index contributed by atoms with van der Waals surface area (Å²) in [6.45, 7) is 6.67. The Labute approximate surface area is 126 Å². The number of halogens is 1. The molecule has 0 radical (unpaired) electrons. The first-order valence-electron chi connectivity index (χ1n) is 6.90. The third-order valence-corrected chi connectivity index (χ3v) is 5.38. The second-order valence-electron chi connectivity index (χ2n) is 5.51. The largest absolute Gasteiger partial charge is 0.374 e. The summed E-state index contributed by atoms with van der Waals surface area (Å²) in [5.74, 6) is 0. The number of hydrogen-bond acceptors (Lipinski definition) is 5. The molecule has 0 bridgehead atoms. The van der Waals surface area contributed by atoms with Gasteiger partial charge in [-0.25, -0.2) is 4.98 Å². The van der Waals surface area contributed by atoms with Gasteiger partial charge >= 0.3 is 0 Å². The lowest BCUT2D eigenvalue weighted by atomic mass is 10.2. The van der Waals surface area contributed by atoms with E-state index in [1.54, 1.807) is 11.3 Å². The first-order chi connectivity index (χ1) is 9.72. The molecule has 4 heterocycles. The Kier molecular flexibility index (Phi) is 3.23. The van der Waals surface area contributed by atoms with E-state index in [1.807, 2.05) is 0 Å². The number of aromatic nitrogens is 2. The monoisotopic (exact) mass is 312 g/mol. The zero-order valence-electron chi connectivity index (χ0n) is 11.3. The Morgan fingerprint density at radius 3 is 3.30 bits per heavy atom. The molecule has 1 N–H and O–H groups in total. The van der Waals surface area contributed by atoms with Crippen molar-refractivity contribution in [1.29, 1.82) is 0 Å². The van der Waals surface area contributed by atoms with Crippen LogP contribution in [-0.2, 0) is 11.3 Å². The number of hydrogen-bond donors (Lipinski definition) is 1. The molecule has 2 aromatic rings. The molecule has 0 aromatic carbocycles. The number of likely N-dealkylation sites (tertiary alicyclic amines) is 1. The molecule has 2 aliphatic heterocycles. The van der Waals surface area contributed by atoms with Crippen LogP contribution in [0.25, 0.3) is 4.96 Å². The maximum Gasteiger partial charge on any atom is 0.195 e. The number of nitrogens with one attached hydrogen (secondary N) is 1. The van der Waals surface area contributed by atoms with E-state index in [0.717, 1.165) is 43.4 Å². The van der Waals surface area contributed by atoms with Gasteiger partial charge in [-0.1, -0.05) is 11.6 Å². The van der Waals surface area contributed by atoms with Gasteiger partial charge in [0.25, 0.3) is 0 Å². The van der Waals surface area contributed by atoms with Gasteiger partial charge in [-0.3, -0.25) is 9.30 Å². The van der Waals surface area contributed by atoms with Crippen LogP contribution in [0.15, 0.2) is 5.38 Å². The molecule has 108 valence electrons. The fraction of sp³-hybridized carbons (Fsp3) is 0.615. The maximum atomic E-state index is 6.31. The Hall–Kier alpha value is -0.660. The fourth-order valence-corrected chi connectivity index (χ4v) is 4.35. The molecule has 2 aliphatic rings. The number of rotatable bonds is 2. The van der Waals surface area contributed by atoms with Gasteiger partial charge in [0.1, 0.15) is 0 Å². The molecule has 2 aromatic heterocycles. The van der Waals surface area contributed by atoms with Gasteiger partial charge in [0.05, 0.1) is 18.4 Å². The summed E-state index contributed by atoms with van der Waals surface area (Å²) in [5.41, 5.74) is 2.30. The van der Waals surface area contributed by atoms with Crippen LogP contribution in [0.4, 0.5) is 0 Å². The molecule has 4 rings (SSSR count). The summed E-state index contributed by atoms with van der Waals surface area (Å²) in [4.78, 5) is 7.82. The van der Waals surface area contributed by atoms with Crippen molar-refractivity contribution in [2.45, 2.75) is 25.6 Å². The van der Waals surface area contributed by atoms with Gasteiger partial charge < -0.3 is 10.1 Å². The van der Waals surface area contributed by atoms with E-state index in [-0.39, 0.29) is 0 Å². The Morgan fingerprint density at radius 1 is 1.55 bits per heavy atom. The molecular formula is C13H17ClN4OS. The lowest BCUT2D eigenvalue weighted by Crippen LogP contribution is -2.47. The van der Waals surface area contributed by atoms with E-state index in [4.69, 9.17) is 16.3 Å². The van der Waals surface area contributed by atoms with Crippen LogP contribution in [0.2, 0.25) is 5.15 Å². The Balaban J connectivity index is 1.59. The summed E-state index contributed by atoms with van der Waals surface area (Å²) in [5, 5.41) is 6.28. The molecule has 5 nitrogen and oxygen atoms in total. The topological polar surface area (TPSA) is 41.8 Å². The van der Waals surface area contributed by atoms with E-state index in [9.17, 15) is 0 Å². The number of nitrogens with zero attached hydrogens (tertiary/aromatic N) is 3. The number of ether oxygens (including phenoxy) is 1. The van der Waals surface area contributed by atoms with Crippen molar-refractivity contribution in [3.8, 4) is 0 Å². The smallest absolute Gasteiger partial charge is 0.195 e. The maximum absolute atomic E-state index is 6.31. The van der Waals surface area contributed by atoms with Crippen molar-refractivity contribution in [3.63, 3.8) is 0 Å². The normalized spacial score (nSPS) is 27.3. The van der Waals surface area contributed by atoms with Gasteiger partial charge in [-0.15, -0.1) is 11.3 Å². The predicted octanol–water partition coefficient (Wildman–Crippen LogP) is 1.53. The molecule has 2 fully saturated rings. The molecule has 0 aliphatic carbocycles. The SMILES string of the molecule is Cc1csc2nc(Cl)c(CN3C[C@@H]4NCCO[C@H]4C3)n12. The average Bonchev–Trinajstić information content (AvgIpc) is 3.07. The second-order valence-corrected chi connectivity index (χ2v) is 6.70. The van der Waals surface area contributed by atoms with Gasteiger partial charge in [0.15, 0.2) is 10.1 Å². The van der Waals surface area contributed by atoms with Crippen LogP contribution < -0.4 is 5.32 Å². The molecule has 2 saturated heterocycles. The van der Waals surface area contributed by atoms with E-state index < -0.39 is 0 Å². The average molecular weight is 313 g/mol. The summed E-state index contributed by atoms with van der Waals surface area (Å²) >= 11 is 7.95. The molecule has 0 spiro atoms. The van der Waals surface area contributed by atoms with Crippen LogP contribution in [0.1, 0.15) is 11.4 Å². The third-order valence-electron chi connectivity index (χ3n) is 4.14. The minimum Gasteiger partial charge on any atom is -0.374 e. The minimum atomic E-state index is 0.314. The van der Waals surface area contributed by atoms with Gasteiger partial charge in [0, 0.05) is 43.3 Å². The van der Waals surface area contributed by atoms with Gasteiger partial charge in [-0.05, 0) is 6.92 Å². The highest BCUT2D eigenvalue weighted by Crippen LogP contribution is 2.27. The number of morpholine rings is 1. The highest BCUT2D eigenvalue weighted by atomic mass is 35.5. The molecule has 20 heavy (non-hydrogen) atoms. The summed E-state index contributed by atoms with van der Waals surface area (Å²) in [6, 6.07) is 0.453. The number of imidazole rings is 1. The zero-order valence-corrected chi connectivity index (χ0v) is 12.9. The fourth-order valence-electron chi connectivity index (χ4n) is 3.19. The quantitative estimate of drug-likeness (QED) is 0.913. The Bertz CT molecular complexity index is 626. The van der Waals surface area contributed by atoms with Crippen LogP contribution in [0.5, 0.6) is 0 Å². The summed E-state index contributed by atoms with van der Waals surface area (Å²) in [6.07, 6.45) is 0.314. The molecule has 7 heteroatoms.